The Hall–Kier alpha value is -1.68. The largest absolute Gasteiger partial charge is 0.310 e. The first-order chi connectivity index (χ1) is 9.72. The number of hydrogen-bond donors (Lipinski definition) is 1. The Morgan fingerprint density at radius 2 is 2.00 bits per heavy atom. The van der Waals surface area contributed by atoms with E-state index in [-0.39, 0.29) is 11.9 Å². The van der Waals surface area contributed by atoms with Gasteiger partial charge in [0.25, 0.3) is 0 Å². The van der Waals surface area contributed by atoms with E-state index in [2.05, 4.69) is 30.5 Å². The van der Waals surface area contributed by atoms with Crippen LogP contribution in [0.1, 0.15) is 37.4 Å². The van der Waals surface area contributed by atoms with Crippen LogP contribution in [0.4, 0.5) is 4.39 Å². The lowest BCUT2D eigenvalue weighted by molar-refractivity contribution is 0.527. The molecule has 0 amide bonds. The molecule has 0 aliphatic heterocycles. The Morgan fingerprint density at radius 1 is 1.25 bits per heavy atom. The van der Waals surface area contributed by atoms with Gasteiger partial charge in [-0.15, -0.1) is 0 Å². The molecular weight excluding hydrogens is 253 g/mol. The van der Waals surface area contributed by atoms with Gasteiger partial charge in [0.05, 0.1) is 6.20 Å². The van der Waals surface area contributed by atoms with Crippen LogP contribution in [-0.4, -0.2) is 16.3 Å². The third-order valence-corrected chi connectivity index (χ3v) is 3.37. The van der Waals surface area contributed by atoms with E-state index < -0.39 is 0 Å². The van der Waals surface area contributed by atoms with Gasteiger partial charge >= 0.3 is 0 Å². The molecule has 1 heterocycles. The van der Waals surface area contributed by atoms with Gasteiger partial charge in [0.2, 0.25) is 0 Å². The molecule has 1 N–H and O–H groups in total. The van der Waals surface area contributed by atoms with Crippen LogP contribution in [-0.2, 0) is 13.0 Å². The van der Waals surface area contributed by atoms with Crippen molar-refractivity contribution in [3.63, 3.8) is 0 Å². The number of aromatic nitrogens is 2. The van der Waals surface area contributed by atoms with E-state index in [0.717, 1.165) is 31.5 Å². The Labute approximate surface area is 119 Å². The number of aryl methyl sites for hydroxylation is 1. The highest BCUT2D eigenvalue weighted by molar-refractivity contribution is 5.21. The molecule has 4 heteroatoms. The lowest BCUT2D eigenvalue weighted by atomic mass is 10.0. The fourth-order valence-corrected chi connectivity index (χ4v) is 2.22. The summed E-state index contributed by atoms with van der Waals surface area (Å²) in [4.78, 5) is 0. The molecule has 0 bridgehead atoms. The van der Waals surface area contributed by atoms with Crippen molar-refractivity contribution in [3.05, 3.63) is 53.6 Å². The van der Waals surface area contributed by atoms with Crippen molar-refractivity contribution < 1.29 is 4.39 Å². The van der Waals surface area contributed by atoms with E-state index in [1.807, 2.05) is 23.0 Å². The average Bonchev–Trinajstić information content (AvgIpc) is 2.94. The summed E-state index contributed by atoms with van der Waals surface area (Å²) in [5.74, 6) is -0.189. The van der Waals surface area contributed by atoms with Gasteiger partial charge in [-0.25, -0.2) is 4.39 Å². The SMILES string of the molecule is CCCNC(Cc1ccc(F)cc1)c1cnn(CC)c1. The number of hydrogen-bond acceptors (Lipinski definition) is 2. The summed E-state index contributed by atoms with van der Waals surface area (Å²) in [5.41, 5.74) is 2.31. The van der Waals surface area contributed by atoms with Crippen LogP contribution in [0.25, 0.3) is 0 Å². The van der Waals surface area contributed by atoms with E-state index in [1.54, 1.807) is 0 Å². The van der Waals surface area contributed by atoms with Gasteiger partial charge in [0, 0.05) is 24.3 Å². The molecule has 108 valence electrons. The van der Waals surface area contributed by atoms with Crippen LogP contribution in [0.3, 0.4) is 0 Å². The lowest BCUT2D eigenvalue weighted by Gasteiger charge is -2.17. The summed E-state index contributed by atoms with van der Waals surface area (Å²) < 4.78 is 14.9. The molecule has 0 aliphatic rings. The number of nitrogens with zero attached hydrogens (tertiary/aromatic N) is 2. The van der Waals surface area contributed by atoms with Crippen molar-refractivity contribution in [1.82, 2.24) is 15.1 Å². The summed E-state index contributed by atoms with van der Waals surface area (Å²) in [7, 11) is 0. The number of nitrogens with one attached hydrogen (secondary N) is 1. The van der Waals surface area contributed by atoms with Gasteiger partial charge in [-0.05, 0) is 44.0 Å². The molecule has 0 fully saturated rings. The Bertz CT molecular complexity index is 519. The first-order valence-electron chi connectivity index (χ1n) is 7.23. The number of benzene rings is 1. The van der Waals surface area contributed by atoms with Crippen LogP contribution < -0.4 is 5.32 Å². The van der Waals surface area contributed by atoms with Gasteiger partial charge in [-0.3, -0.25) is 4.68 Å². The zero-order valence-corrected chi connectivity index (χ0v) is 12.1. The van der Waals surface area contributed by atoms with Gasteiger partial charge in [0.1, 0.15) is 5.82 Å². The van der Waals surface area contributed by atoms with Crippen molar-refractivity contribution in [3.8, 4) is 0 Å². The number of halogens is 1. The molecule has 0 saturated carbocycles. The predicted molar refractivity (Wildman–Crippen MR) is 79.0 cm³/mol. The topological polar surface area (TPSA) is 29.9 Å². The second-order valence-corrected chi connectivity index (χ2v) is 4.97. The van der Waals surface area contributed by atoms with E-state index in [0.29, 0.717) is 0 Å². The molecule has 0 spiro atoms. The summed E-state index contributed by atoms with van der Waals surface area (Å²) in [6, 6.07) is 6.95. The standard InChI is InChI=1S/C16H22FN3/c1-3-9-18-16(14-11-19-20(4-2)12-14)10-13-5-7-15(17)8-6-13/h5-8,11-12,16,18H,3-4,9-10H2,1-2H3. The highest BCUT2D eigenvalue weighted by atomic mass is 19.1. The Balaban J connectivity index is 2.12. The molecule has 1 unspecified atom stereocenters. The van der Waals surface area contributed by atoms with Gasteiger partial charge in [0.15, 0.2) is 0 Å². The second kappa shape index (κ2) is 7.20. The van der Waals surface area contributed by atoms with Gasteiger partial charge in [-0.2, -0.15) is 5.10 Å². The first kappa shape index (κ1) is 14.7. The maximum Gasteiger partial charge on any atom is 0.123 e. The van der Waals surface area contributed by atoms with Crippen LogP contribution in [0.2, 0.25) is 0 Å². The van der Waals surface area contributed by atoms with Gasteiger partial charge in [-0.1, -0.05) is 19.1 Å². The van der Waals surface area contributed by atoms with Crippen molar-refractivity contribution >= 4 is 0 Å². The van der Waals surface area contributed by atoms with Crippen molar-refractivity contribution in [1.29, 1.82) is 0 Å². The average molecular weight is 275 g/mol. The van der Waals surface area contributed by atoms with E-state index in [9.17, 15) is 4.39 Å². The molecule has 0 radical (unpaired) electrons. The summed E-state index contributed by atoms with van der Waals surface area (Å²) >= 11 is 0. The van der Waals surface area contributed by atoms with Crippen LogP contribution in [0.5, 0.6) is 0 Å². The van der Waals surface area contributed by atoms with Crippen molar-refractivity contribution in [2.75, 3.05) is 6.54 Å². The molecule has 1 atom stereocenters. The summed E-state index contributed by atoms with van der Waals surface area (Å²) in [6.45, 7) is 6.06. The highest BCUT2D eigenvalue weighted by Gasteiger charge is 2.13. The van der Waals surface area contributed by atoms with E-state index in [1.165, 1.54) is 17.7 Å². The molecule has 3 nitrogen and oxygen atoms in total. The van der Waals surface area contributed by atoms with E-state index >= 15 is 0 Å². The monoisotopic (exact) mass is 275 g/mol. The molecule has 20 heavy (non-hydrogen) atoms. The maximum absolute atomic E-state index is 13.0. The molecule has 2 aromatic rings. The zero-order chi connectivity index (χ0) is 14.4. The highest BCUT2D eigenvalue weighted by Crippen LogP contribution is 2.18. The molecule has 1 aromatic carbocycles. The van der Waals surface area contributed by atoms with E-state index in [4.69, 9.17) is 0 Å². The minimum atomic E-state index is -0.189. The lowest BCUT2D eigenvalue weighted by Crippen LogP contribution is -2.23. The van der Waals surface area contributed by atoms with Crippen LogP contribution >= 0.6 is 0 Å². The molecule has 2 rings (SSSR count). The third-order valence-electron chi connectivity index (χ3n) is 3.37. The molecular formula is C16H22FN3. The first-order valence-corrected chi connectivity index (χ1v) is 7.23. The fourth-order valence-electron chi connectivity index (χ4n) is 2.22. The smallest absolute Gasteiger partial charge is 0.123 e. The quantitative estimate of drug-likeness (QED) is 0.840. The minimum Gasteiger partial charge on any atom is -0.310 e. The maximum atomic E-state index is 13.0. The van der Waals surface area contributed by atoms with Crippen LogP contribution in [0.15, 0.2) is 36.7 Å². The normalized spacial score (nSPS) is 12.6. The van der Waals surface area contributed by atoms with Gasteiger partial charge < -0.3 is 5.32 Å². The summed E-state index contributed by atoms with van der Waals surface area (Å²) in [5, 5.41) is 7.88. The number of rotatable bonds is 7. The van der Waals surface area contributed by atoms with Crippen molar-refractivity contribution in [2.24, 2.45) is 0 Å². The Kier molecular flexibility index (Phi) is 5.30. The second-order valence-electron chi connectivity index (χ2n) is 4.97. The summed E-state index contributed by atoms with van der Waals surface area (Å²) in [6.07, 6.45) is 5.93. The predicted octanol–water partition coefficient (Wildman–Crippen LogP) is 3.33. The zero-order valence-electron chi connectivity index (χ0n) is 12.1. The Morgan fingerprint density at radius 3 is 2.60 bits per heavy atom. The third kappa shape index (κ3) is 3.90. The molecule has 0 aliphatic carbocycles. The van der Waals surface area contributed by atoms with Crippen molar-refractivity contribution in [2.45, 2.75) is 39.3 Å². The fraction of sp³-hybridized carbons (Fsp3) is 0.438. The molecule has 0 saturated heterocycles. The van der Waals surface area contributed by atoms with Crippen LogP contribution in [0, 0.1) is 5.82 Å². The molecule has 1 aromatic heterocycles. The minimum absolute atomic E-state index is 0.189.